The zero-order valence-corrected chi connectivity index (χ0v) is 12.3. The van der Waals surface area contributed by atoms with Crippen LogP contribution in [0.3, 0.4) is 0 Å². The van der Waals surface area contributed by atoms with Gasteiger partial charge in [0.1, 0.15) is 0 Å². The molecule has 0 aliphatic heterocycles. The molecule has 3 nitrogen and oxygen atoms in total. The topological polar surface area (TPSA) is 55.1 Å². The van der Waals surface area contributed by atoms with E-state index < -0.39 is 0 Å². The van der Waals surface area contributed by atoms with Crippen LogP contribution in [0.25, 0.3) is 0 Å². The quantitative estimate of drug-likeness (QED) is 0.766. The first kappa shape index (κ1) is 15.5. The number of amides is 1. The van der Waals surface area contributed by atoms with Gasteiger partial charge in [0.05, 0.1) is 5.41 Å². The average Bonchev–Trinajstić information content (AvgIpc) is 2.42. The minimum absolute atomic E-state index is 0.176. The van der Waals surface area contributed by atoms with Gasteiger partial charge in [-0.15, -0.1) is 0 Å². The molecule has 18 heavy (non-hydrogen) atoms. The Morgan fingerprint density at radius 3 is 2.11 bits per heavy atom. The van der Waals surface area contributed by atoms with E-state index in [4.69, 9.17) is 5.73 Å². The van der Waals surface area contributed by atoms with E-state index in [1.165, 1.54) is 19.3 Å². The molecule has 0 unspecified atom stereocenters. The highest BCUT2D eigenvalue weighted by Crippen LogP contribution is 2.29. The van der Waals surface area contributed by atoms with Crippen molar-refractivity contribution in [2.24, 2.45) is 17.1 Å². The molecular formula is C15H30N2O. The molecule has 0 radical (unpaired) electrons. The van der Waals surface area contributed by atoms with Gasteiger partial charge in [-0.3, -0.25) is 4.79 Å². The van der Waals surface area contributed by atoms with E-state index in [9.17, 15) is 4.79 Å². The third-order valence-electron chi connectivity index (χ3n) is 4.99. The van der Waals surface area contributed by atoms with Crippen LogP contribution >= 0.6 is 0 Å². The molecule has 0 saturated heterocycles. The first-order chi connectivity index (χ1) is 8.61. The number of rotatable bonds is 6. The molecular weight excluding hydrogens is 224 g/mol. The standard InChI is InChI=1S/C15H30N2O/c1-4-12-7-9-13(10-8-12)17-14(18)15(5-2,6-3)11-16/h12-13H,4-11,16H2,1-3H3,(H,17,18). The molecule has 1 aliphatic rings. The van der Waals surface area contributed by atoms with Crippen molar-refractivity contribution >= 4 is 5.91 Å². The van der Waals surface area contributed by atoms with Gasteiger partial charge in [-0.25, -0.2) is 0 Å². The summed E-state index contributed by atoms with van der Waals surface area (Å²) in [5.41, 5.74) is 5.47. The lowest BCUT2D eigenvalue weighted by molar-refractivity contribution is -0.132. The van der Waals surface area contributed by atoms with Gasteiger partial charge in [-0.1, -0.05) is 27.2 Å². The smallest absolute Gasteiger partial charge is 0.227 e. The third kappa shape index (κ3) is 3.47. The van der Waals surface area contributed by atoms with Gasteiger partial charge in [0.2, 0.25) is 5.91 Å². The summed E-state index contributed by atoms with van der Waals surface area (Å²) >= 11 is 0. The van der Waals surface area contributed by atoms with Crippen molar-refractivity contribution in [3.63, 3.8) is 0 Å². The molecule has 106 valence electrons. The van der Waals surface area contributed by atoms with E-state index in [1.807, 2.05) is 0 Å². The first-order valence-corrected chi connectivity index (χ1v) is 7.62. The van der Waals surface area contributed by atoms with E-state index in [0.29, 0.717) is 12.6 Å². The van der Waals surface area contributed by atoms with Crippen molar-refractivity contribution in [2.45, 2.75) is 71.8 Å². The second-order valence-corrected chi connectivity index (χ2v) is 5.79. The van der Waals surface area contributed by atoms with Crippen LogP contribution in [0.4, 0.5) is 0 Å². The zero-order chi connectivity index (χ0) is 13.6. The minimum atomic E-state index is -0.346. The maximum absolute atomic E-state index is 12.4. The predicted molar refractivity (Wildman–Crippen MR) is 76.2 cm³/mol. The summed E-state index contributed by atoms with van der Waals surface area (Å²) in [7, 11) is 0. The fourth-order valence-corrected chi connectivity index (χ4v) is 3.01. The third-order valence-corrected chi connectivity index (χ3v) is 4.99. The van der Waals surface area contributed by atoms with Crippen molar-refractivity contribution in [1.29, 1.82) is 0 Å². The highest BCUT2D eigenvalue weighted by atomic mass is 16.2. The number of carbonyl (C=O) groups is 1. The summed E-state index contributed by atoms with van der Waals surface area (Å²) in [4.78, 5) is 12.4. The van der Waals surface area contributed by atoms with Crippen LogP contribution in [0, 0.1) is 11.3 Å². The second-order valence-electron chi connectivity index (χ2n) is 5.79. The number of hydrogen-bond acceptors (Lipinski definition) is 2. The van der Waals surface area contributed by atoms with Crippen LogP contribution in [0.1, 0.15) is 65.7 Å². The van der Waals surface area contributed by atoms with E-state index in [0.717, 1.165) is 31.6 Å². The maximum atomic E-state index is 12.4. The molecule has 1 saturated carbocycles. The van der Waals surface area contributed by atoms with Crippen molar-refractivity contribution < 1.29 is 4.79 Å². The lowest BCUT2D eigenvalue weighted by atomic mass is 9.80. The molecule has 3 heteroatoms. The SMILES string of the molecule is CCC1CCC(NC(=O)C(CC)(CC)CN)CC1. The summed E-state index contributed by atoms with van der Waals surface area (Å²) in [6.45, 7) is 6.83. The van der Waals surface area contributed by atoms with Crippen molar-refractivity contribution in [2.75, 3.05) is 6.54 Å². The zero-order valence-electron chi connectivity index (χ0n) is 12.3. The van der Waals surface area contributed by atoms with Crippen LogP contribution in [-0.4, -0.2) is 18.5 Å². The van der Waals surface area contributed by atoms with Gasteiger partial charge in [-0.05, 0) is 44.4 Å². The van der Waals surface area contributed by atoms with Crippen LogP contribution in [0.15, 0.2) is 0 Å². The van der Waals surface area contributed by atoms with Gasteiger partial charge in [0, 0.05) is 12.6 Å². The van der Waals surface area contributed by atoms with E-state index in [-0.39, 0.29) is 11.3 Å². The van der Waals surface area contributed by atoms with Crippen LogP contribution in [0.2, 0.25) is 0 Å². The lowest BCUT2D eigenvalue weighted by Gasteiger charge is -2.34. The summed E-state index contributed by atoms with van der Waals surface area (Å²) in [6, 6.07) is 0.379. The van der Waals surface area contributed by atoms with Crippen molar-refractivity contribution in [3.8, 4) is 0 Å². The fourth-order valence-electron chi connectivity index (χ4n) is 3.01. The Bertz CT molecular complexity index is 245. The number of carbonyl (C=O) groups excluding carboxylic acids is 1. The van der Waals surface area contributed by atoms with Crippen molar-refractivity contribution in [3.05, 3.63) is 0 Å². The minimum Gasteiger partial charge on any atom is -0.353 e. The average molecular weight is 254 g/mol. The number of hydrogen-bond donors (Lipinski definition) is 2. The second kappa shape index (κ2) is 7.13. The Labute approximate surface area is 112 Å². The summed E-state index contributed by atoms with van der Waals surface area (Å²) < 4.78 is 0. The largest absolute Gasteiger partial charge is 0.353 e. The Kier molecular flexibility index (Phi) is 6.13. The molecule has 0 heterocycles. The molecule has 1 rings (SSSR count). The molecule has 1 aliphatic carbocycles. The molecule has 0 aromatic heterocycles. The maximum Gasteiger partial charge on any atom is 0.227 e. The van der Waals surface area contributed by atoms with Gasteiger partial charge in [0.25, 0.3) is 0 Å². The highest BCUT2D eigenvalue weighted by molar-refractivity contribution is 5.83. The van der Waals surface area contributed by atoms with Gasteiger partial charge in [-0.2, -0.15) is 0 Å². The summed E-state index contributed by atoms with van der Waals surface area (Å²) in [6.07, 6.45) is 7.73. The van der Waals surface area contributed by atoms with E-state index in [2.05, 4.69) is 26.1 Å². The molecule has 0 atom stereocenters. The van der Waals surface area contributed by atoms with Gasteiger partial charge in [0.15, 0.2) is 0 Å². The summed E-state index contributed by atoms with van der Waals surface area (Å²) in [5, 5.41) is 3.24. The Morgan fingerprint density at radius 2 is 1.72 bits per heavy atom. The van der Waals surface area contributed by atoms with Crippen LogP contribution in [-0.2, 0) is 4.79 Å². The fraction of sp³-hybridized carbons (Fsp3) is 0.933. The van der Waals surface area contributed by atoms with Crippen LogP contribution in [0.5, 0.6) is 0 Å². The Balaban J connectivity index is 2.49. The normalized spacial score (nSPS) is 24.9. The number of nitrogens with one attached hydrogen (secondary N) is 1. The van der Waals surface area contributed by atoms with Gasteiger partial charge >= 0.3 is 0 Å². The lowest BCUT2D eigenvalue weighted by Crippen LogP contribution is -2.49. The summed E-state index contributed by atoms with van der Waals surface area (Å²) in [5.74, 6) is 1.05. The van der Waals surface area contributed by atoms with E-state index >= 15 is 0 Å². The molecule has 1 fully saturated rings. The van der Waals surface area contributed by atoms with Gasteiger partial charge < -0.3 is 11.1 Å². The Morgan fingerprint density at radius 1 is 1.17 bits per heavy atom. The van der Waals surface area contributed by atoms with Crippen molar-refractivity contribution in [1.82, 2.24) is 5.32 Å². The van der Waals surface area contributed by atoms with Crippen LogP contribution < -0.4 is 11.1 Å². The molecule has 0 aromatic rings. The Hall–Kier alpha value is -0.570. The van der Waals surface area contributed by atoms with E-state index in [1.54, 1.807) is 0 Å². The molecule has 3 N–H and O–H groups in total. The molecule has 0 bridgehead atoms. The molecule has 0 spiro atoms. The molecule has 0 aromatic carbocycles. The highest BCUT2D eigenvalue weighted by Gasteiger charge is 2.35. The predicted octanol–water partition coefficient (Wildman–Crippen LogP) is 2.84. The number of nitrogens with two attached hydrogens (primary N) is 1. The first-order valence-electron chi connectivity index (χ1n) is 7.62. The monoisotopic (exact) mass is 254 g/mol. The molecule has 1 amide bonds.